The van der Waals surface area contributed by atoms with Gasteiger partial charge in [0, 0.05) is 44.1 Å². The molecule has 0 aliphatic carbocycles. The second-order valence-electron chi connectivity index (χ2n) is 6.76. The summed E-state index contributed by atoms with van der Waals surface area (Å²) in [7, 11) is 0. The van der Waals surface area contributed by atoms with Crippen LogP contribution in [-0.4, -0.2) is 49.3 Å². The lowest BCUT2D eigenvalue weighted by Gasteiger charge is -2.36. The summed E-state index contributed by atoms with van der Waals surface area (Å²) in [5, 5.41) is 7.20. The van der Waals surface area contributed by atoms with E-state index in [0.29, 0.717) is 5.11 Å². The molecule has 1 aliphatic rings. The van der Waals surface area contributed by atoms with E-state index in [4.69, 9.17) is 12.2 Å². The molecule has 0 spiro atoms. The van der Waals surface area contributed by atoms with Crippen LogP contribution in [0.1, 0.15) is 12.0 Å². The molecule has 138 valence electrons. The van der Waals surface area contributed by atoms with E-state index in [2.05, 4.69) is 51.6 Å². The van der Waals surface area contributed by atoms with Crippen LogP contribution in [0, 0.1) is 6.92 Å². The molecule has 0 bridgehead atoms. The lowest BCUT2D eigenvalue weighted by Crippen LogP contribution is -2.47. The summed E-state index contributed by atoms with van der Waals surface area (Å²) in [6.07, 6.45) is 1.10. The van der Waals surface area contributed by atoms with Gasteiger partial charge in [-0.25, -0.2) is 0 Å². The second kappa shape index (κ2) is 9.55. The van der Waals surface area contributed by atoms with E-state index in [1.807, 2.05) is 30.3 Å². The third-order valence-corrected chi connectivity index (χ3v) is 4.99. The van der Waals surface area contributed by atoms with Crippen molar-refractivity contribution >= 4 is 28.7 Å². The smallest absolute Gasteiger partial charge is 0.170 e. The number of aryl methyl sites for hydroxylation is 1. The number of anilines is 2. The van der Waals surface area contributed by atoms with E-state index in [-0.39, 0.29) is 0 Å². The van der Waals surface area contributed by atoms with E-state index in [1.165, 1.54) is 11.3 Å². The summed E-state index contributed by atoms with van der Waals surface area (Å²) in [5.74, 6) is 0. The SMILES string of the molecule is Cc1ccc(N2CCN(CCCNC(=S)Nc3ccccc3)CC2)cc1. The highest BCUT2D eigenvalue weighted by Gasteiger charge is 2.16. The molecule has 0 aromatic heterocycles. The predicted octanol–water partition coefficient (Wildman–Crippen LogP) is 3.49. The molecule has 2 N–H and O–H groups in total. The largest absolute Gasteiger partial charge is 0.369 e. The molecule has 0 unspecified atom stereocenters. The Morgan fingerprint density at radius 3 is 2.35 bits per heavy atom. The zero-order chi connectivity index (χ0) is 18.2. The van der Waals surface area contributed by atoms with Crippen LogP contribution in [0.5, 0.6) is 0 Å². The molecule has 0 amide bonds. The first-order valence-electron chi connectivity index (χ1n) is 9.34. The molecular formula is C21H28N4S. The highest BCUT2D eigenvalue weighted by atomic mass is 32.1. The van der Waals surface area contributed by atoms with Gasteiger partial charge in [0.25, 0.3) is 0 Å². The van der Waals surface area contributed by atoms with Gasteiger partial charge in [-0.3, -0.25) is 4.90 Å². The Kier molecular flexibility index (Phi) is 6.86. The summed E-state index contributed by atoms with van der Waals surface area (Å²) >= 11 is 5.34. The summed E-state index contributed by atoms with van der Waals surface area (Å²) < 4.78 is 0. The van der Waals surface area contributed by atoms with Crippen molar-refractivity contribution in [1.82, 2.24) is 10.2 Å². The number of nitrogens with zero attached hydrogens (tertiary/aromatic N) is 2. The van der Waals surface area contributed by atoms with Crippen molar-refractivity contribution < 1.29 is 0 Å². The maximum atomic E-state index is 5.34. The van der Waals surface area contributed by atoms with E-state index in [1.54, 1.807) is 0 Å². The van der Waals surface area contributed by atoms with Gasteiger partial charge in [-0.2, -0.15) is 0 Å². The van der Waals surface area contributed by atoms with Crippen LogP contribution in [0.3, 0.4) is 0 Å². The zero-order valence-electron chi connectivity index (χ0n) is 15.4. The van der Waals surface area contributed by atoms with Crippen molar-refractivity contribution in [2.75, 3.05) is 49.5 Å². The number of rotatable bonds is 6. The van der Waals surface area contributed by atoms with Crippen molar-refractivity contribution in [1.29, 1.82) is 0 Å². The molecule has 2 aromatic carbocycles. The normalized spacial score (nSPS) is 14.9. The highest BCUT2D eigenvalue weighted by molar-refractivity contribution is 7.80. The molecule has 4 nitrogen and oxygen atoms in total. The molecule has 26 heavy (non-hydrogen) atoms. The molecule has 2 aromatic rings. The lowest BCUT2D eigenvalue weighted by atomic mass is 10.2. The number of para-hydroxylation sites is 1. The first kappa shape index (κ1) is 18.7. The van der Waals surface area contributed by atoms with Crippen LogP contribution in [0.4, 0.5) is 11.4 Å². The van der Waals surface area contributed by atoms with Crippen LogP contribution in [0.2, 0.25) is 0 Å². The fourth-order valence-electron chi connectivity index (χ4n) is 3.19. The summed E-state index contributed by atoms with van der Waals surface area (Å²) in [5.41, 5.74) is 3.69. The third-order valence-electron chi connectivity index (χ3n) is 4.74. The maximum Gasteiger partial charge on any atom is 0.170 e. The molecule has 0 atom stereocenters. The van der Waals surface area contributed by atoms with Gasteiger partial charge in [-0.1, -0.05) is 35.9 Å². The van der Waals surface area contributed by atoms with Crippen LogP contribution in [0.25, 0.3) is 0 Å². The molecule has 1 saturated heterocycles. The van der Waals surface area contributed by atoms with Gasteiger partial charge in [-0.15, -0.1) is 0 Å². The number of hydrogen-bond acceptors (Lipinski definition) is 3. The number of piperazine rings is 1. The average Bonchev–Trinajstić information content (AvgIpc) is 2.67. The van der Waals surface area contributed by atoms with E-state index < -0.39 is 0 Å². The minimum Gasteiger partial charge on any atom is -0.369 e. The number of benzene rings is 2. The Balaban J connectivity index is 1.30. The Morgan fingerprint density at radius 1 is 0.962 bits per heavy atom. The first-order valence-corrected chi connectivity index (χ1v) is 9.75. The van der Waals surface area contributed by atoms with Crippen LogP contribution in [0.15, 0.2) is 54.6 Å². The molecule has 1 aliphatic heterocycles. The van der Waals surface area contributed by atoms with Gasteiger partial charge >= 0.3 is 0 Å². The fourth-order valence-corrected chi connectivity index (χ4v) is 3.41. The van der Waals surface area contributed by atoms with Crippen LogP contribution in [-0.2, 0) is 0 Å². The number of nitrogens with one attached hydrogen (secondary N) is 2. The summed E-state index contributed by atoms with van der Waals surface area (Å²) in [6.45, 7) is 8.60. The Bertz CT molecular complexity index is 679. The first-order chi connectivity index (χ1) is 12.7. The van der Waals surface area contributed by atoms with E-state index in [0.717, 1.165) is 51.4 Å². The van der Waals surface area contributed by atoms with Gasteiger partial charge in [-0.05, 0) is 56.4 Å². The van der Waals surface area contributed by atoms with Crippen molar-refractivity contribution in [3.05, 3.63) is 60.2 Å². The zero-order valence-corrected chi connectivity index (χ0v) is 16.3. The number of hydrogen-bond donors (Lipinski definition) is 2. The lowest BCUT2D eigenvalue weighted by molar-refractivity contribution is 0.255. The van der Waals surface area contributed by atoms with Gasteiger partial charge in [0.1, 0.15) is 0 Å². The standard InChI is InChI=1S/C21H28N4S/c1-18-8-10-20(11-9-18)25-16-14-24(15-17-25)13-5-12-22-21(26)23-19-6-3-2-4-7-19/h2-4,6-11H,5,12-17H2,1H3,(H2,22,23,26). The summed E-state index contributed by atoms with van der Waals surface area (Å²) in [6, 6.07) is 18.9. The van der Waals surface area contributed by atoms with Crippen molar-refractivity contribution in [3.8, 4) is 0 Å². The van der Waals surface area contributed by atoms with Crippen molar-refractivity contribution in [2.24, 2.45) is 0 Å². The monoisotopic (exact) mass is 368 g/mol. The van der Waals surface area contributed by atoms with Crippen LogP contribution >= 0.6 is 12.2 Å². The molecule has 1 fully saturated rings. The quantitative estimate of drug-likeness (QED) is 0.602. The van der Waals surface area contributed by atoms with Gasteiger partial charge in [0.2, 0.25) is 0 Å². The van der Waals surface area contributed by atoms with E-state index >= 15 is 0 Å². The Morgan fingerprint density at radius 2 is 1.65 bits per heavy atom. The second-order valence-corrected chi connectivity index (χ2v) is 7.17. The van der Waals surface area contributed by atoms with Crippen molar-refractivity contribution in [3.63, 3.8) is 0 Å². The molecular weight excluding hydrogens is 340 g/mol. The predicted molar refractivity (Wildman–Crippen MR) is 115 cm³/mol. The Labute approximate surface area is 162 Å². The minimum absolute atomic E-state index is 0.695. The molecule has 1 heterocycles. The highest BCUT2D eigenvalue weighted by Crippen LogP contribution is 2.17. The van der Waals surface area contributed by atoms with E-state index in [9.17, 15) is 0 Å². The maximum absolute atomic E-state index is 5.34. The molecule has 3 rings (SSSR count). The van der Waals surface area contributed by atoms with Gasteiger partial charge in [0.05, 0.1) is 0 Å². The van der Waals surface area contributed by atoms with Gasteiger partial charge < -0.3 is 15.5 Å². The summed E-state index contributed by atoms with van der Waals surface area (Å²) in [4.78, 5) is 5.02. The topological polar surface area (TPSA) is 30.5 Å². The minimum atomic E-state index is 0.695. The third kappa shape index (κ3) is 5.71. The van der Waals surface area contributed by atoms with Crippen LogP contribution < -0.4 is 15.5 Å². The van der Waals surface area contributed by atoms with Gasteiger partial charge in [0.15, 0.2) is 5.11 Å². The average molecular weight is 369 g/mol. The molecule has 0 saturated carbocycles. The van der Waals surface area contributed by atoms with Crippen molar-refractivity contribution in [2.45, 2.75) is 13.3 Å². The Hall–Kier alpha value is -2.11. The molecule has 0 radical (unpaired) electrons. The number of thiocarbonyl (C=S) groups is 1. The fraction of sp³-hybridized carbons (Fsp3) is 0.381. The molecule has 5 heteroatoms.